The van der Waals surface area contributed by atoms with Crippen LogP contribution in [0.1, 0.15) is 27.7 Å². The monoisotopic (exact) mass is 206 g/mol. The Balaban J connectivity index is 4.18. The average Bonchev–Trinajstić information content (AvgIpc) is 1.97. The van der Waals surface area contributed by atoms with E-state index in [2.05, 4.69) is 33.4 Å². The van der Waals surface area contributed by atoms with Gasteiger partial charge in [-0.1, -0.05) is 20.8 Å². The molecule has 0 aliphatic heterocycles. The first-order chi connectivity index (χ1) is 5.86. The number of carbonyl (C=O) groups is 1. The molecular formula is C9H20NO2S+. The molecule has 0 radical (unpaired) electrons. The molecule has 0 fully saturated rings. The Bertz CT molecular complexity index is 171. The minimum absolute atomic E-state index is 0.175. The number of rotatable bonds is 4. The highest BCUT2D eigenvalue weighted by molar-refractivity contribution is 7.80. The summed E-state index contributed by atoms with van der Waals surface area (Å²) in [5, 5.41) is 6.86. The second kappa shape index (κ2) is 5.37. The number of thiol groups is 1. The van der Waals surface area contributed by atoms with Crippen molar-refractivity contribution in [1.82, 2.24) is 4.90 Å². The summed E-state index contributed by atoms with van der Waals surface area (Å²) in [5.74, 6) is 0.929. The Morgan fingerprint density at radius 1 is 1.38 bits per heavy atom. The number of amides is 1. The van der Waals surface area contributed by atoms with Gasteiger partial charge in [0.15, 0.2) is 0 Å². The Kier molecular flexibility index (Phi) is 5.21. The SMILES string of the molecule is CC(C)C(C)CN(C(=O)[OH2+])C(C)S. The van der Waals surface area contributed by atoms with E-state index in [-0.39, 0.29) is 5.37 Å². The first-order valence-corrected chi connectivity index (χ1v) is 5.08. The van der Waals surface area contributed by atoms with Crippen LogP contribution >= 0.6 is 12.6 Å². The third kappa shape index (κ3) is 4.41. The third-order valence-electron chi connectivity index (χ3n) is 2.33. The fraction of sp³-hybridized carbons (Fsp3) is 0.889. The van der Waals surface area contributed by atoms with E-state index in [0.717, 1.165) is 0 Å². The summed E-state index contributed by atoms with van der Waals surface area (Å²) in [5.41, 5.74) is 0. The molecule has 2 N–H and O–H groups in total. The van der Waals surface area contributed by atoms with Gasteiger partial charge in [-0.25, -0.2) is 4.90 Å². The topological polar surface area (TPSA) is 43.2 Å². The van der Waals surface area contributed by atoms with Gasteiger partial charge < -0.3 is 5.11 Å². The second-order valence-corrected chi connectivity index (χ2v) is 4.56. The van der Waals surface area contributed by atoms with Gasteiger partial charge in [0, 0.05) is 6.54 Å². The van der Waals surface area contributed by atoms with Gasteiger partial charge in [-0.3, -0.25) is 0 Å². The smallest absolute Gasteiger partial charge is 0.547 e. The maximum Gasteiger partial charge on any atom is 0.629 e. The molecule has 2 unspecified atom stereocenters. The first kappa shape index (κ1) is 12.6. The van der Waals surface area contributed by atoms with E-state index < -0.39 is 6.09 Å². The lowest BCUT2D eigenvalue weighted by atomic mass is 9.98. The van der Waals surface area contributed by atoms with E-state index in [4.69, 9.17) is 5.11 Å². The van der Waals surface area contributed by atoms with Crippen molar-refractivity contribution in [1.29, 1.82) is 0 Å². The molecular weight excluding hydrogens is 186 g/mol. The predicted octanol–water partition coefficient (Wildman–Crippen LogP) is 1.70. The van der Waals surface area contributed by atoms with Crippen molar-refractivity contribution < 1.29 is 9.90 Å². The van der Waals surface area contributed by atoms with Gasteiger partial charge in [0.05, 0.1) is 10.2 Å². The van der Waals surface area contributed by atoms with E-state index in [1.54, 1.807) is 0 Å². The van der Waals surface area contributed by atoms with E-state index in [1.807, 2.05) is 6.92 Å². The highest BCUT2D eigenvalue weighted by Gasteiger charge is 2.25. The molecule has 0 saturated carbocycles. The van der Waals surface area contributed by atoms with Crippen LogP contribution in [0.4, 0.5) is 4.79 Å². The van der Waals surface area contributed by atoms with E-state index in [0.29, 0.717) is 18.4 Å². The zero-order valence-electron chi connectivity index (χ0n) is 8.74. The van der Waals surface area contributed by atoms with Gasteiger partial charge >= 0.3 is 6.09 Å². The molecule has 0 aromatic carbocycles. The van der Waals surface area contributed by atoms with Crippen LogP contribution in [0.2, 0.25) is 0 Å². The van der Waals surface area contributed by atoms with Gasteiger partial charge in [-0.05, 0) is 18.8 Å². The predicted molar refractivity (Wildman–Crippen MR) is 58.2 cm³/mol. The number of hydrogen-bond acceptors (Lipinski definition) is 2. The third-order valence-corrected chi connectivity index (χ3v) is 2.61. The Morgan fingerprint density at radius 3 is 2.08 bits per heavy atom. The molecule has 0 bridgehead atoms. The standard InChI is InChI=1S/C9H19NO2S/c1-6(2)7(3)5-10(8(4)13)9(11)12/h6-8,13H,5H2,1-4H3,(H,11,12)/p+1. The summed E-state index contributed by atoms with van der Waals surface area (Å²) < 4.78 is 0. The van der Waals surface area contributed by atoms with Crippen LogP contribution in [-0.4, -0.2) is 28.0 Å². The molecule has 0 rings (SSSR count). The Hall–Kier alpha value is -0.380. The van der Waals surface area contributed by atoms with Crippen LogP contribution in [-0.2, 0) is 0 Å². The van der Waals surface area contributed by atoms with Crippen LogP contribution < -0.4 is 0 Å². The molecule has 0 saturated heterocycles. The van der Waals surface area contributed by atoms with E-state index >= 15 is 0 Å². The van der Waals surface area contributed by atoms with E-state index in [1.165, 1.54) is 4.90 Å². The van der Waals surface area contributed by atoms with Crippen LogP contribution in [0.5, 0.6) is 0 Å². The Morgan fingerprint density at radius 2 is 1.85 bits per heavy atom. The minimum Gasteiger partial charge on any atom is -0.547 e. The summed E-state index contributed by atoms with van der Waals surface area (Å²) in [7, 11) is 0. The minimum atomic E-state index is -0.644. The first-order valence-electron chi connectivity index (χ1n) is 4.56. The Labute approximate surface area is 85.5 Å². The van der Waals surface area contributed by atoms with Crippen LogP contribution in [0.3, 0.4) is 0 Å². The summed E-state index contributed by atoms with van der Waals surface area (Å²) >= 11 is 4.16. The lowest BCUT2D eigenvalue weighted by Gasteiger charge is -2.24. The molecule has 2 atom stereocenters. The lowest BCUT2D eigenvalue weighted by Crippen LogP contribution is -2.38. The van der Waals surface area contributed by atoms with E-state index in [9.17, 15) is 4.79 Å². The van der Waals surface area contributed by atoms with Crippen LogP contribution in [0.25, 0.3) is 0 Å². The van der Waals surface area contributed by atoms with Crippen molar-refractivity contribution in [3.8, 4) is 0 Å². The van der Waals surface area contributed by atoms with Gasteiger partial charge in [0.1, 0.15) is 0 Å². The molecule has 3 nitrogen and oxygen atoms in total. The number of carbonyl (C=O) groups excluding carboxylic acids is 1. The zero-order chi connectivity index (χ0) is 10.6. The largest absolute Gasteiger partial charge is 0.629 e. The highest BCUT2D eigenvalue weighted by atomic mass is 32.1. The van der Waals surface area contributed by atoms with Crippen molar-refractivity contribution in [2.24, 2.45) is 11.8 Å². The van der Waals surface area contributed by atoms with Crippen molar-refractivity contribution in [3.63, 3.8) is 0 Å². The maximum absolute atomic E-state index is 10.9. The normalized spacial score (nSPS) is 15.5. The fourth-order valence-electron chi connectivity index (χ4n) is 0.926. The second-order valence-electron chi connectivity index (χ2n) is 3.81. The quantitative estimate of drug-likeness (QED) is 0.424. The maximum atomic E-state index is 10.9. The molecule has 78 valence electrons. The molecule has 0 spiro atoms. The number of hydrogen-bond donors (Lipinski definition) is 1. The number of nitrogens with zero attached hydrogens (tertiary/aromatic N) is 1. The van der Waals surface area contributed by atoms with Gasteiger partial charge in [-0.2, -0.15) is 12.6 Å². The van der Waals surface area contributed by atoms with Gasteiger partial charge in [0.2, 0.25) is 0 Å². The fourth-order valence-corrected chi connectivity index (χ4v) is 1.13. The molecule has 0 aliphatic carbocycles. The molecule has 0 heterocycles. The van der Waals surface area contributed by atoms with Gasteiger partial charge in [0.25, 0.3) is 0 Å². The van der Waals surface area contributed by atoms with Crippen molar-refractivity contribution >= 4 is 18.7 Å². The van der Waals surface area contributed by atoms with Crippen molar-refractivity contribution in [3.05, 3.63) is 0 Å². The van der Waals surface area contributed by atoms with Crippen LogP contribution in [0, 0.1) is 11.8 Å². The molecule has 4 heteroatoms. The lowest BCUT2D eigenvalue weighted by molar-refractivity contribution is 0.131. The van der Waals surface area contributed by atoms with Crippen molar-refractivity contribution in [2.45, 2.75) is 33.1 Å². The summed E-state index contributed by atoms with van der Waals surface area (Å²) in [6, 6.07) is 0. The zero-order valence-corrected chi connectivity index (χ0v) is 9.64. The molecule has 13 heavy (non-hydrogen) atoms. The summed E-state index contributed by atoms with van der Waals surface area (Å²) in [6.45, 7) is 8.73. The highest BCUT2D eigenvalue weighted by Crippen LogP contribution is 2.14. The molecule has 0 aromatic rings. The molecule has 0 aromatic heterocycles. The average molecular weight is 206 g/mol. The van der Waals surface area contributed by atoms with Gasteiger partial charge in [-0.15, -0.1) is 0 Å². The molecule has 1 amide bonds. The van der Waals surface area contributed by atoms with Crippen LogP contribution in [0.15, 0.2) is 0 Å². The summed E-state index contributed by atoms with van der Waals surface area (Å²) in [4.78, 5) is 12.4. The molecule has 0 aliphatic rings. The summed E-state index contributed by atoms with van der Waals surface area (Å²) in [6.07, 6.45) is -0.644. The van der Waals surface area contributed by atoms with Crippen molar-refractivity contribution in [2.75, 3.05) is 6.54 Å².